The number of hydrogen-bond acceptors (Lipinski definition) is 2. The van der Waals surface area contributed by atoms with Gasteiger partial charge in [0.25, 0.3) is 6.43 Å². The Morgan fingerprint density at radius 3 is 2.64 bits per heavy atom. The van der Waals surface area contributed by atoms with E-state index in [9.17, 15) is 8.78 Å². The van der Waals surface area contributed by atoms with E-state index in [-0.39, 0.29) is 22.3 Å². The topological polar surface area (TPSA) is 36.7 Å². The molecule has 0 fully saturated rings. The Balaban J connectivity index is 3.33. The van der Waals surface area contributed by atoms with E-state index >= 15 is 0 Å². The molecule has 0 radical (unpaired) electrons. The van der Waals surface area contributed by atoms with Crippen LogP contribution in [0.5, 0.6) is 0 Å². The molecule has 0 amide bonds. The van der Waals surface area contributed by atoms with E-state index in [1.165, 1.54) is 0 Å². The van der Waals surface area contributed by atoms with Crippen molar-refractivity contribution in [3.05, 3.63) is 28.0 Å². The van der Waals surface area contributed by atoms with Crippen molar-refractivity contribution in [3.63, 3.8) is 0 Å². The Morgan fingerprint density at radius 1 is 1.57 bits per heavy atom. The lowest BCUT2D eigenvalue weighted by Gasteiger charge is -2.05. The van der Waals surface area contributed by atoms with Crippen LogP contribution in [0.3, 0.4) is 0 Å². The number of aromatic nitrogens is 1. The van der Waals surface area contributed by atoms with E-state index in [2.05, 4.69) is 4.98 Å². The molecular formula is C8H4Cl2F2N2. The monoisotopic (exact) mass is 236 g/mol. The standard InChI is InChI=1S/C8H4Cl2F2N2/c9-2-6-5(10)1-4(8(11)12)7(3-13)14-6/h1,8H,2H2. The number of pyridine rings is 1. The maximum atomic E-state index is 12.3. The SMILES string of the molecule is N#Cc1nc(CCl)c(Cl)cc1C(F)F. The highest BCUT2D eigenvalue weighted by Crippen LogP contribution is 2.26. The lowest BCUT2D eigenvalue weighted by atomic mass is 10.2. The fourth-order valence-corrected chi connectivity index (χ4v) is 1.39. The molecule has 2 nitrogen and oxygen atoms in total. The second-order valence-corrected chi connectivity index (χ2v) is 3.08. The summed E-state index contributed by atoms with van der Waals surface area (Å²) in [5, 5.41) is 8.60. The molecule has 0 aliphatic carbocycles. The third-order valence-electron chi connectivity index (χ3n) is 1.55. The maximum Gasteiger partial charge on any atom is 0.266 e. The molecule has 0 saturated carbocycles. The van der Waals surface area contributed by atoms with Gasteiger partial charge in [0.1, 0.15) is 11.8 Å². The smallest absolute Gasteiger partial charge is 0.239 e. The first-order valence-electron chi connectivity index (χ1n) is 3.53. The van der Waals surface area contributed by atoms with E-state index < -0.39 is 12.0 Å². The van der Waals surface area contributed by atoms with Crippen LogP contribution < -0.4 is 0 Å². The summed E-state index contributed by atoms with van der Waals surface area (Å²) in [6, 6.07) is 2.59. The van der Waals surface area contributed by atoms with Gasteiger partial charge in [-0.05, 0) is 6.07 Å². The molecule has 0 bridgehead atoms. The summed E-state index contributed by atoms with van der Waals surface area (Å²) in [5.41, 5.74) is -0.569. The van der Waals surface area contributed by atoms with Crippen molar-refractivity contribution in [2.45, 2.75) is 12.3 Å². The lowest BCUT2D eigenvalue weighted by Crippen LogP contribution is -1.98. The molecule has 0 saturated heterocycles. The summed E-state index contributed by atoms with van der Waals surface area (Å²) < 4.78 is 24.7. The Kier molecular flexibility index (Phi) is 3.62. The van der Waals surface area contributed by atoms with Crippen molar-refractivity contribution in [2.75, 3.05) is 0 Å². The molecule has 0 aliphatic rings. The van der Waals surface area contributed by atoms with E-state index in [1.54, 1.807) is 6.07 Å². The highest BCUT2D eigenvalue weighted by molar-refractivity contribution is 6.32. The minimum absolute atomic E-state index is 0.0168. The van der Waals surface area contributed by atoms with Crippen LogP contribution in [0.2, 0.25) is 5.02 Å². The average molecular weight is 237 g/mol. The van der Waals surface area contributed by atoms with Gasteiger partial charge in [0.15, 0.2) is 0 Å². The van der Waals surface area contributed by atoms with Crippen molar-refractivity contribution in [1.82, 2.24) is 4.98 Å². The van der Waals surface area contributed by atoms with Crippen LogP contribution in [-0.2, 0) is 5.88 Å². The molecule has 1 heterocycles. The van der Waals surface area contributed by atoms with Crippen LogP contribution in [0.4, 0.5) is 8.78 Å². The van der Waals surface area contributed by atoms with Gasteiger partial charge in [-0.25, -0.2) is 13.8 Å². The quantitative estimate of drug-likeness (QED) is 0.740. The van der Waals surface area contributed by atoms with E-state index in [4.69, 9.17) is 28.5 Å². The summed E-state index contributed by atoms with van der Waals surface area (Å²) >= 11 is 11.1. The van der Waals surface area contributed by atoms with Crippen molar-refractivity contribution < 1.29 is 8.78 Å². The first-order valence-corrected chi connectivity index (χ1v) is 4.45. The molecule has 0 aliphatic heterocycles. The van der Waals surface area contributed by atoms with Crippen LogP contribution in [-0.4, -0.2) is 4.98 Å². The summed E-state index contributed by atoms with van der Waals surface area (Å²) in [6.45, 7) is 0. The summed E-state index contributed by atoms with van der Waals surface area (Å²) in [7, 11) is 0. The number of nitrogens with zero attached hydrogens (tertiary/aromatic N) is 2. The van der Waals surface area contributed by atoms with Crippen LogP contribution in [0.1, 0.15) is 23.4 Å². The zero-order chi connectivity index (χ0) is 10.7. The van der Waals surface area contributed by atoms with Crippen LogP contribution in [0, 0.1) is 11.3 Å². The molecule has 0 spiro atoms. The molecule has 74 valence electrons. The van der Waals surface area contributed by atoms with Gasteiger partial charge in [0.05, 0.1) is 22.2 Å². The molecule has 6 heteroatoms. The van der Waals surface area contributed by atoms with E-state index in [1.807, 2.05) is 0 Å². The Bertz CT molecular complexity index is 388. The molecule has 1 aromatic heterocycles. The lowest BCUT2D eigenvalue weighted by molar-refractivity contribution is 0.150. The van der Waals surface area contributed by atoms with Crippen molar-refractivity contribution >= 4 is 23.2 Å². The van der Waals surface area contributed by atoms with Gasteiger partial charge in [-0.2, -0.15) is 5.26 Å². The number of halogens is 4. The molecule has 1 rings (SSSR count). The molecular weight excluding hydrogens is 233 g/mol. The average Bonchev–Trinajstić information content (AvgIpc) is 2.17. The predicted octanol–water partition coefficient (Wildman–Crippen LogP) is 3.28. The normalized spacial score (nSPS) is 10.3. The fourth-order valence-electron chi connectivity index (χ4n) is 0.891. The van der Waals surface area contributed by atoms with Gasteiger partial charge in [-0.15, -0.1) is 11.6 Å². The number of nitriles is 1. The van der Waals surface area contributed by atoms with E-state index in [0.29, 0.717) is 0 Å². The van der Waals surface area contributed by atoms with Crippen molar-refractivity contribution in [3.8, 4) is 6.07 Å². The van der Waals surface area contributed by atoms with Crippen LogP contribution in [0.25, 0.3) is 0 Å². The van der Waals surface area contributed by atoms with Crippen LogP contribution in [0.15, 0.2) is 6.07 Å². The second kappa shape index (κ2) is 4.54. The number of hydrogen-bond donors (Lipinski definition) is 0. The molecule has 0 N–H and O–H groups in total. The van der Waals surface area contributed by atoms with Gasteiger partial charge < -0.3 is 0 Å². The van der Waals surface area contributed by atoms with Crippen molar-refractivity contribution in [1.29, 1.82) is 5.26 Å². The molecule has 1 aromatic rings. The minimum Gasteiger partial charge on any atom is -0.239 e. The van der Waals surface area contributed by atoms with Gasteiger partial charge in [0.2, 0.25) is 0 Å². The number of alkyl halides is 3. The largest absolute Gasteiger partial charge is 0.266 e. The molecule has 14 heavy (non-hydrogen) atoms. The highest BCUT2D eigenvalue weighted by Gasteiger charge is 2.17. The fraction of sp³-hybridized carbons (Fsp3) is 0.250. The zero-order valence-electron chi connectivity index (χ0n) is 6.77. The first kappa shape index (κ1) is 11.2. The summed E-state index contributed by atoms with van der Waals surface area (Å²) in [5.74, 6) is -0.0168. The molecule has 0 aromatic carbocycles. The summed E-state index contributed by atoms with van der Waals surface area (Å²) in [4.78, 5) is 3.63. The Hall–Kier alpha value is -0.920. The van der Waals surface area contributed by atoms with Gasteiger partial charge in [-0.1, -0.05) is 11.6 Å². The second-order valence-electron chi connectivity index (χ2n) is 2.40. The molecule has 0 atom stereocenters. The summed E-state index contributed by atoms with van der Waals surface area (Å²) in [6.07, 6.45) is -2.76. The maximum absolute atomic E-state index is 12.3. The third kappa shape index (κ3) is 2.11. The third-order valence-corrected chi connectivity index (χ3v) is 2.13. The Morgan fingerprint density at radius 2 is 2.21 bits per heavy atom. The predicted molar refractivity (Wildman–Crippen MR) is 48.5 cm³/mol. The van der Waals surface area contributed by atoms with Gasteiger partial charge >= 0.3 is 0 Å². The number of rotatable bonds is 2. The van der Waals surface area contributed by atoms with Crippen molar-refractivity contribution in [2.24, 2.45) is 0 Å². The van der Waals surface area contributed by atoms with Gasteiger partial charge in [-0.3, -0.25) is 0 Å². The first-order chi connectivity index (χ1) is 6.60. The zero-order valence-corrected chi connectivity index (χ0v) is 8.28. The minimum atomic E-state index is -2.76. The van der Waals surface area contributed by atoms with Gasteiger partial charge in [0, 0.05) is 0 Å². The van der Waals surface area contributed by atoms with Crippen LogP contribution >= 0.6 is 23.2 Å². The Labute approximate surface area is 89.1 Å². The van der Waals surface area contributed by atoms with E-state index in [0.717, 1.165) is 6.07 Å². The molecule has 0 unspecified atom stereocenters. The highest BCUT2D eigenvalue weighted by atomic mass is 35.5.